The molecule has 0 spiro atoms. The number of likely N-dealkylation sites (N-methyl/N-ethyl adjacent to an activating group) is 1. The van der Waals surface area contributed by atoms with Gasteiger partial charge in [0.2, 0.25) is 11.8 Å². The largest absolute Gasteiger partial charge is 0.409 e. The summed E-state index contributed by atoms with van der Waals surface area (Å²) in [4.78, 5) is 27.6. The van der Waals surface area contributed by atoms with Crippen LogP contribution in [0, 0.1) is 6.92 Å². The Labute approximate surface area is 173 Å². The normalized spacial score (nSPS) is 17.9. The number of nitrogens with zero attached hydrogens (tertiary/aromatic N) is 2. The zero-order chi connectivity index (χ0) is 22.1. The number of nitrogens with one attached hydrogen (secondary N) is 1. The number of carbonyl (C=O) groups excluding carboxylic acids is 2. The highest BCUT2D eigenvalue weighted by Gasteiger charge is 2.49. The number of hydrogen-bond acceptors (Lipinski definition) is 3. The lowest BCUT2D eigenvalue weighted by Crippen LogP contribution is -2.52. The fourth-order valence-corrected chi connectivity index (χ4v) is 3.52. The van der Waals surface area contributed by atoms with Gasteiger partial charge in [-0.05, 0) is 38.6 Å². The molecule has 5 nitrogen and oxygen atoms in total. The average molecular weight is 419 g/mol. The zero-order valence-corrected chi connectivity index (χ0v) is 17.0. The van der Waals surface area contributed by atoms with Crippen molar-refractivity contribution in [1.29, 1.82) is 0 Å². The van der Waals surface area contributed by atoms with Gasteiger partial charge in [-0.3, -0.25) is 19.4 Å². The van der Waals surface area contributed by atoms with Gasteiger partial charge in [0, 0.05) is 6.04 Å². The molecule has 2 aromatic rings. The number of carbonyl (C=O) groups is 2. The van der Waals surface area contributed by atoms with E-state index in [-0.39, 0.29) is 24.0 Å². The Balaban J connectivity index is 1.90. The van der Waals surface area contributed by atoms with Gasteiger partial charge in [0.15, 0.2) is 0 Å². The van der Waals surface area contributed by atoms with Gasteiger partial charge in [-0.2, -0.15) is 13.2 Å². The SMILES string of the molecule is Cc1ccc(C(C)N(C)CC(=O)N2c3ccccc3NC(=O)CC2C(F)(F)F)cc1. The molecule has 2 unspecified atom stereocenters. The van der Waals surface area contributed by atoms with E-state index in [2.05, 4.69) is 5.32 Å². The molecule has 0 fully saturated rings. The van der Waals surface area contributed by atoms with E-state index in [9.17, 15) is 22.8 Å². The van der Waals surface area contributed by atoms with Gasteiger partial charge >= 0.3 is 6.18 Å². The summed E-state index contributed by atoms with van der Waals surface area (Å²) < 4.78 is 41.4. The highest BCUT2D eigenvalue weighted by molar-refractivity contribution is 6.05. The van der Waals surface area contributed by atoms with E-state index in [0.29, 0.717) is 4.90 Å². The molecule has 0 saturated carbocycles. The number of para-hydroxylation sites is 2. The number of benzene rings is 2. The lowest BCUT2D eigenvalue weighted by Gasteiger charge is -2.34. The number of anilines is 2. The fourth-order valence-electron chi connectivity index (χ4n) is 3.52. The van der Waals surface area contributed by atoms with E-state index < -0.39 is 30.5 Å². The highest BCUT2D eigenvalue weighted by Crippen LogP contribution is 2.38. The summed E-state index contributed by atoms with van der Waals surface area (Å²) >= 11 is 0. The molecule has 3 rings (SSSR count). The molecule has 160 valence electrons. The third-order valence-corrected chi connectivity index (χ3v) is 5.38. The van der Waals surface area contributed by atoms with Crippen LogP contribution < -0.4 is 10.2 Å². The van der Waals surface area contributed by atoms with Crippen LogP contribution in [0.15, 0.2) is 48.5 Å². The first-order chi connectivity index (χ1) is 14.1. The van der Waals surface area contributed by atoms with Crippen LogP contribution in [0.25, 0.3) is 0 Å². The Morgan fingerprint density at radius 2 is 1.83 bits per heavy atom. The second-order valence-corrected chi connectivity index (χ2v) is 7.59. The van der Waals surface area contributed by atoms with Crippen LogP contribution in [0.3, 0.4) is 0 Å². The van der Waals surface area contributed by atoms with Crippen molar-refractivity contribution in [3.8, 4) is 0 Å². The molecule has 0 bridgehead atoms. The third kappa shape index (κ3) is 4.64. The molecule has 2 atom stereocenters. The van der Waals surface area contributed by atoms with E-state index in [1.807, 2.05) is 38.1 Å². The average Bonchev–Trinajstić information content (AvgIpc) is 2.83. The van der Waals surface area contributed by atoms with Gasteiger partial charge in [-0.1, -0.05) is 42.0 Å². The van der Waals surface area contributed by atoms with Gasteiger partial charge in [0.25, 0.3) is 0 Å². The second-order valence-electron chi connectivity index (χ2n) is 7.59. The van der Waals surface area contributed by atoms with Crippen molar-refractivity contribution in [3.05, 3.63) is 59.7 Å². The van der Waals surface area contributed by atoms with Gasteiger partial charge < -0.3 is 5.32 Å². The highest BCUT2D eigenvalue weighted by atomic mass is 19.4. The lowest BCUT2D eigenvalue weighted by atomic mass is 10.1. The minimum Gasteiger partial charge on any atom is -0.324 e. The second kappa shape index (κ2) is 8.47. The number of rotatable bonds is 4. The van der Waals surface area contributed by atoms with Crippen molar-refractivity contribution >= 4 is 23.2 Å². The quantitative estimate of drug-likeness (QED) is 0.804. The van der Waals surface area contributed by atoms with Crippen molar-refractivity contribution in [2.24, 2.45) is 0 Å². The number of fused-ring (bicyclic) bond motifs is 1. The zero-order valence-electron chi connectivity index (χ0n) is 17.0. The molecule has 1 N–H and O–H groups in total. The van der Waals surface area contributed by atoms with Crippen molar-refractivity contribution < 1.29 is 22.8 Å². The molecule has 0 radical (unpaired) electrons. The smallest absolute Gasteiger partial charge is 0.324 e. The Hall–Kier alpha value is -2.87. The van der Waals surface area contributed by atoms with Gasteiger partial charge in [-0.15, -0.1) is 0 Å². The molecule has 0 aromatic heterocycles. The lowest BCUT2D eigenvalue weighted by molar-refractivity contribution is -0.158. The molecule has 1 aliphatic heterocycles. The maximum absolute atomic E-state index is 13.8. The summed E-state index contributed by atoms with van der Waals surface area (Å²) in [6.45, 7) is 3.62. The number of hydrogen-bond donors (Lipinski definition) is 1. The molecule has 2 aromatic carbocycles. The van der Waals surface area contributed by atoms with Gasteiger partial charge in [-0.25, -0.2) is 0 Å². The molecule has 1 aliphatic rings. The fraction of sp³-hybridized carbons (Fsp3) is 0.364. The van der Waals surface area contributed by atoms with Crippen LogP contribution in [0.2, 0.25) is 0 Å². The number of halogens is 3. The first-order valence-corrected chi connectivity index (χ1v) is 9.62. The monoisotopic (exact) mass is 419 g/mol. The van der Waals surface area contributed by atoms with Crippen LogP contribution >= 0.6 is 0 Å². The molecule has 1 heterocycles. The summed E-state index contributed by atoms with van der Waals surface area (Å²) in [6.07, 6.45) is -5.59. The number of amides is 2. The molecule has 0 saturated heterocycles. The van der Waals surface area contributed by atoms with E-state index in [1.54, 1.807) is 24.1 Å². The van der Waals surface area contributed by atoms with Crippen LogP contribution in [0.5, 0.6) is 0 Å². The minimum atomic E-state index is -4.74. The number of alkyl halides is 3. The van der Waals surface area contributed by atoms with Crippen LogP contribution in [-0.4, -0.2) is 42.5 Å². The van der Waals surface area contributed by atoms with E-state index in [1.165, 1.54) is 12.1 Å². The Morgan fingerprint density at radius 3 is 2.47 bits per heavy atom. The first-order valence-electron chi connectivity index (χ1n) is 9.62. The van der Waals surface area contributed by atoms with Crippen LogP contribution in [-0.2, 0) is 9.59 Å². The topological polar surface area (TPSA) is 52.7 Å². The summed E-state index contributed by atoms with van der Waals surface area (Å²) in [5, 5.41) is 2.47. The summed E-state index contributed by atoms with van der Waals surface area (Å²) in [5.74, 6) is -1.50. The standard InChI is InChI=1S/C22H24F3N3O2/c1-14-8-10-16(11-9-14)15(2)27(3)13-21(30)28-18-7-5-4-6-17(18)26-20(29)12-19(28)22(23,24)25/h4-11,15,19H,12-13H2,1-3H3,(H,26,29). The third-order valence-electron chi connectivity index (χ3n) is 5.38. The summed E-state index contributed by atoms with van der Waals surface area (Å²) in [6, 6.07) is 11.4. The molecular formula is C22H24F3N3O2. The molecule has 2 amide bonds. The van der Waals surface area contributed by atoms with E-state index in [0.717, 1.165) is 11.1 Å². The van der Waals surface area contributed by atoms with Crippen molar-refractivity contribution in [2.75, 3.05) is 23.8 Å². The van der Waals surface area contributed by atoms with Crippen molar-refractivity contribution in [3.63, 3.8) is 0 Å². The van der Waals surface area contributed by atoms with Crippen LogP contribution in [0.1, 0.15) is 30.5 Å². The maximum atomic E-state index is 13.8. The first kappa shape index (κ1) is 21.8. The Morgan fingerprint density at radius 1 is 1.20 bits per heavy atom. The predicted octanol–water partition coefficient (Wildman–Crippen LogP) is 4.29. The summed E-state index contributed by atoms with van der Waals surface area (Å²) in [7, 11) is 1.69. The van der Waals surface area contributed by atoms with Crippen molar-refractivity contribution in [1.82, 2.24) is 4.90 Å². The maximum Gasteiger partial charge on any atom is 0.409 e. The van der Waals surface area contributed by atoms with E-state index in [4.69, 9.17) is 0 Å². The molecule has 0 aliphatic carbocycles. The van der Waals surface area contributed by atoms with E-state index >= 15 is 0 Å². The molecule has 8 heteroatoms. The Bertz CT molecular complexity index is 928. The predicted molar refractivity (Wildman–Crippen MR) is 109 cm³/mol. The van der Waals surface area contributed by atoms with Gasteiger partial charge in [0.1, 0.15) is 6.04 Å². The van der Waals surface area contributed by atoms with Crippen molar-refractivity contribution in [2.45, 2.75) is 38.5 Å². The minimum absolute atomic E-state index is 0.0482. The van der Waals surface area contributed by atoms with Crippen LogP contribution in [0.4, 0.5) is 24.5 Å². The Kier molecular flexibility index (Phi) is 6.17. The molecule has 30 heavy (non-hydrogen) atoms. The van der Waals surface area contributed by atoms with Gasteiger partial charge in [0.05, 0.1) is 24.3 Å². The molecular weight excluding hydrogens is 395 g/mol. The summed E-state index contributed by atoms with van der Waals surface area (Å²) in [5.41, 5.74) is 2.29. The number of aryl methyl sites for hydroxylation is 1.